The number of rotatable bonds is 3. The number of fused-ring (bicyclic) bond motifs is 1. The molecule has 4 rings (SSSR count). The Morgan fingerprint density at radius 2 is 1.80 bits per heavy atom. The molecule has 0 fully saturated rings. The Labute approximate surface area is 146 Å². The van der Waals surface area contributed by atoms with E-state index in [1.807, 2.05) is 60.7 Å². The van der Waals surface area contributed by atoms with Crippen molar-refractivity contribution >= 4 is 17.4 Å². The molecule has 5 heteroatoms. The number of carbonyl (C=O) groups excluding carboxylic acids is 1. The van der Waals surface area contributed by atoms with Gasteiger partial charge in [0.25, 0.3) is 0 Å². The summed E-state index contributed by atoms with van der Waals surface area (Å²) in [5.41, 5.74) is 2.53. The lowest BCUT2D eigenvalue weighted by Crippen LogP contribution is -2.46. The number of hydrogen-bond acceptors (Lipinski definition) is 5. The molecule has 0 radical (unpaired) electrons. The maximum absolute atomic E-state index is 12.7. The maximum atomic E-state index is 12.7. The number of ether oxygens (including phenoxy) is 2. The molecule has 2 heterocycles. The second-order valence-corrected chi connectivity index (χ2v) is 6.12. The first-order chi connectivity index (χ1) is 12.2. The summed E-state index contributed by atoms with van der Waals surface area (Å²) in [6.45, 7) is 0.254. The second-order valence-electron chi connectivity index (χ2n) is 6.12. The van der Waals surface area contributed by atoms with Crippen molar-refractivity contribution in [1.82, 2.24) is 0 Å². The largest absolute Gasteiger partial charge is 0.498 e. The van der Waals surface area contributed by atoms with E-state index in [4.69, 9.17) is 14.6 Å². The minimum atomic E-state index is -0.877. The van der Waals surface area contributed by atoms with Crippen LogP contribution in [0.3, 0.4) is 0 Å². The number of carbonyl (C=O) groups is 1. The third-order valence-corrected chi connectivity index (χ3v) is 4.62. The molecule has 0 N–H and O–H groups in total. The van der Waals surface area contributed by atoms with Crippen LogP contribution in [-0.4, -0.2) is 25.4 Å². The first-order valence-corrected chi connectivity index (χ1v) is 8.13. The average molecular weight is 334 g/mol. The summed E-state index contributed by atoms with van der Waals surface area (Å²) in [6, 6.07) is 19.6. The van der Waals surface area contributed by atoms with Gasteiger partial charge in [-0.15, -0.1) is 0 Å². The lowest BCUT2D eigenvalue weighted by atomic mass is 9.78. The number of benzene rings is 2. The predicted octanol–water partition coefficient (Wildman–Crippen LogP) is 3.33. The van der Waals surface area contributed by atoms with E-state index in [-0.39, 0.29) is 12.6 Å². The number of anilines is 1. The summed E-state index contributed by atoms with van der Waals surface area (Å²) in [5.74, 6) is -0.305. The van der Waals surface area contributed by atoms with Gasteiger partial charge < -0.3 is 9.47 Å². The lowest BCUT2D eigenvalue weighted by Gasteiger charge is -2.37. The van der Waals surface area contributed by atoms with Crippen molar-refractivity contribution in [3.63, 3.8) is 0 Å². The first-order valence-electron chi connectivity index (χ1n) is 8.13. The number of nitrogens with zero attached hydrogens (tertiary/aromatic N) is 2. The van der Waals surface area contributed by atoms with E-state index in [0.717, 1.165) is 17.0 Å². The van der Waals surface area contributed by atoms with E-state index < -0.39 is 5.41 Å². The molecule has 0 amide bonds. The molecular weight excluding hydrogens is 316 g/mol. The Balaban J connectivity index is 1.87. The molecule has 0 aromatic heterocycles. The monoisotopic (exact) mass is 334 g/mol. The predicted molar refractivity (Wildman–Crippen MR) is 95.0 cm³/mol. The number of hydrogen-bond donors (Lipinski definition) is 0. The van der Waals surface area contributed by atoms with Gasteiger partial charge in [-0.05, 0) is 17.7 Å². The maximum Gasteiger partial charge on any atom is 0.321 e. The van der Waals surface area contributed by atoms with Crippen LogP contribution in [0.5, 0.6) is 0 Å². The molecule has 2 aromatic rings. The number of esters is 1. The van der Waals surface area contributed by atoms with Gasteiger partial charge in [0.1, 0.15) is 12.9 Å². The molecule has 0 saturated carbocycles. The van der Waals surface area contributed by atoms with Crippen LogP contribution in [0.15, 0.2) is 77.7 Å². The number of methoxy groups -OCH3 is 1. The molecule has 0 spiro atoms. The highest BCUT2D eigenvalue weighted by Gasteiger charge is 2.53. The van der Waals surface area contributed by atoms with E-state index in [9.17, 15) is 4.79 Å². The van der Waals surface area contributed by atoms with Crippen molar-refractivity contribution < 1.29 is 14.3 Å². The third-order valence-electron chi connectivity index (χ3n) is 4.62. The Hall–Kier alpha value is -3.08. The quantitative estimate of drug-likeness (QED) is 0.808. The fourth-order valence-corrected chi connectivity index (χ4v) is 3.33. The zero-order chi connectivity index (χ0) is 17.3. The van der Waals surface area contributed by atoms with E-state index in [0.29, 0.717) is 12.1 Å². The summed E-state index contributed by atoms with van der Waals surface area (Å²) >= 11 is 0. The van der Waals surface area contributed by atoms with Gasteiger partial charge >= 0.3 is 5.97 Å². The summed E-state index contributed by atoms with van der Waals surface area (Å²) in [5, 5.41) is 6.61. The zero-order valence-corrected chi connectivity index (χ0v) is 13.9. The van der Waals surface area contributed by atoms with Gasteiger partial charge in [0.2, 0.25) is 0 Å². The molecule has 5 nitrogen and oxygen atoms in total. The zero-order valence-electron chi connectivity index (χ0n) is 13.9. The van der Waals surface area contributed by atoms with Crippen molar-refractivity contribution in [1.29, 1.82) is 0 Å². The second kappa shape index (κ2) is 6.09. The van der Waals surface area contributed by atoms with Crippen LogP contribution in [0.25, 0.3) is 0 Å². The van der Waals surface area contributed by atoms with Gasteiger partial charge in [0.05, 0.1) is 24.2 Å². The van der Waals surface area contributed by atoms with Gasteiger partial charge in [0, 0.05) is 6.42 Å². The molecular formula is C20H18N2O3. The van der Waals surface area contributed by atoms with Crippen LogP contribution in [-0.2, 0) is 14.3 Å². The van der Waals surface area contributed by atoms with Crippen LogP contribution in [0.1, 0.15) is 12.0 Å². The molecule has 0 aliphatic carbocycles. The topological polar surface area (TPSA) is 51.1 Å². The van der Waals surface area contributed by atoms with E-state index in [1.165, 1.54) is 7.11 Å². The Morgan fingerprint density at radius 1 is 1.12 bits per heavy atom. The van der Waals surface area contributed by atoms with Crippen molar-refractivity contribution in [3.05, 3.63) is 78.2 Å². The fourth-order valence-electron chi connectivity index (χ4n) is 3.33. The summed E-state index contributed by atoms with van der Waals surface area (Å²) in [6.07, 6.45) is 2.06. The molecule has 2 aromatic carbocycles. The minimum absolute atomic E-state index is 0.254. The van der Waals surface area contributed by atoms with Gasteiger partial charge in [0.15, 0.2) is 5.41 Å². The smallest absolute Gasteiger partial charge is 0.321 e. The molecule has 2 aliphatic rings. The van der Waals surface area contributed by atoms with Crippen molar-refractivity contribution in [2.45, 2.75) is 6.42 Å². The summed E-state index contributed by atoms with van der Waals surface area (Å²) in [4.78, 5) is 12.7. The Kier molecular flexibility index (Phi) is 3.76. The summed E-state index contributed by atoms with van der Waals surface area (Å²) < 4.78 is 10.7. The Morgan fingerprint density at radius 3 is 2.48 bits per heavy atom. The molecule has 1 atom stereocenters. The highest BCUT2D eigenvalue weighted by atomic mass is 16.5. The minimum Gasteiger partial charge on any atom is -0.498 e. The molecule has 0 bridgehead atoms. The van der Waals surface area contributed by atoms with Gasteiger partial charge in [-0.3, -0.25) is 4.79 Å². The highest BCUT2D eigenvalue weighted by Crippen LogP contribution is 2.45. The Bertz CT molecular complexity index is 846. The first kappa shape index (κ1) is 15.4. The van der Waals surface area contributed by atoms with Gasteiger partial charge in [-0.1, -0.05) is 48.5 Å². The standard InChI is InChI=1S/C20H18N2O3/c1-24-19(23)20-12-17(15-8-4-2-5-9-15)21-22(18(20)13-25-14-20)16-10-6-3-7-11-16/h2-11,13H,12,14H2,1H3. The van der Waals surface area contributed by atoms with E-state index >= 15 is 0 Å². The fraction of sp³-hybridized carbons (Fsp3) is 0.200. The van der Waals surface area contributed by atoms with Crippen molar-refractivity contribution in [3.8, 4) is 0 Å². The SMILES string of the molecule is COC(=O)C12COC=C1N(c1ccccc1)N=C(c1ccccc1)C2. The van der Waals surface area contributed by atoms with Gasteiger partial charge in [-0.2, -0.15) is 5.10 Å². The van der Waals surface area contributed by atoms with Crippen LogP contribution in [0.4, 0.5) is 5.69 Å². The van der Waals surface area contributed by atoms with Crippen molar-refractivity contribution in [2.24, 2.45) is 10.5 Å². The van der Waals surface area contributed by atoms with E-state index in [2.05, 4.69) is 0 Å². The molecule has 0 saturated heterocycles. The van der Waals surface area contributed by atoms with Crippen LogP contribution in [0.2, 0.25) is 0 Å². The lowest BCUT2D eigenvalue weighted by molar-refractivity contribution is -0.151. The van der Waals surface area contributed by atoms with E-state index in [1.54, 1.807) is 11.3 Å². The molecule has 2 aliphatic heterocycles. The van der Waals surface area contributed by atoms with Gasteiger partial charge in [-0.25, -0.2) is 5.01 Å². The van der Waals surface area contributed by atoms with Crippen LogP contribution < -0.4 is 5.01 Å². The normalized spacial score (nSPS) is 21.7. The van der Waals surface area contributed by atoms with Crippen LogP contribution in [0, 0.1) is 5.41 Å². The molecule has 126 valence electrons. The highest BCUT2D eigenvalue weighted by molar-refractivity contribution is 6.06. The number of para-hydroxylation sites is 1. The third kappa shape index (κ3) is 2.48. The van der Waals surface area contributed by atoms with Crippen molar-refractivity contribution in [2.75, 3.05) is 18.7 Å². The molecule has 1 unspecified atom stereocenters. The average Bonchev–Trinajstić information content (AvgIpc) is 3.13. The van der Waals surface area contributed by atoms with Crippen LogP contribution >= 0.6 is 0 Å². The number of hydrazone groups is 1. The summed E-state index contributed by atoms with van der Waals surface area (Å²) in [7, 11) is 1.41. The molecule has 25 heavy (non-hydrogen) atoms.